The summed E-state index contributed by atoms with van der Waals surface area (Å²) in [6.07, 6.45) is 2.02. The smallest absolute Gasteiger partial charge is 0.207 e. The number of sulfonamides is 1. The molecule has 1 N–H and O–H groups in total. The maximum Gasteiger partial charge on any atom is 0.240 e. The van der Waals surface area contributed by atoms with E-state index in [-0.39, 0.29) is 0 Å². The SMILES string of the molecule is CCCc1ccc(S(=O)(=O)NCc2ccc(I)cc2)cc1. The Balaban J connectivity index is 2.05. The van der Waals surface area contributed by atoms with Gasteiger partial charge in [-0.1, -0.05) is 37.6 Å². The molecule has 0 aliphatic rings. The van der Waals surface area contributed by atoms with Crippen LogP contribution in [0.2, 0.25) is 0 Å². The van der Waals surface area contributed by atoms with Crippen LogP contribution in [0, 0.1) is 3.57 Å². The number of hydrogen-bond donors (Lipinski definition) is 1. The first-order valence-corrected chi connectivity index (χ1v) is 9.40. The van der Waals surface area contributed by atoms with Gasteiger partial charge in [0.15, 0.2) is 0 Å². The number of rotatable bonds is 6. The largest absolute Gasteiger partial charge is 0.240 e. The number of benzene rings is 2. The second-order valence-corrected chi connectivity index (χ2v) is 7.86. The second kappa shape index (κ2) is 7.38. The molecule has 0 heterocycles. The van der Waals surface area contributed by atoms with E-state index in [1.54, 1.807) is 12.1 Å². The molecule has 2 aromatic carbocycles. The van der Waals surface area contributed by atoms with Crippen LogP contribution in [-0.4, -0.2) is 8.42 Å². The Hall–Kier alpha value is -0.920. The third-order valence-electron chi connectivity index (χ3n) is 3.15. The van der Waals surface area contributed by atoms with Crippen LogP contribution in [0.1, 0.15) is 24.5 Å². The van der Waals surface area contributed by atoms with Crippen molar-refractivity contribution >= 4 is 32.6 Å². The van der Waals surface area contributed by atoms with Crippen molar-refractivity contribution in [2.45, 2.75) is 31.2 Å². The minimum atomic E-state index is -3.45. The van der Waals surface area contributed by atoms with Crippen LogP contribution in [0.25, 0.3) is 0 Å². The zero-order chi connectivity index (χ0) is 15.3. The molecule has 3 nitrogen and oxygen atoms in total. The summed E-state index contributed by atoms with van der Waals surface area (Å²) in [5.74, 6) is 0. The fourth-order valence-corrected chi connectivity index (χ4v) is 3.37. The zero-order valence-electron chi connectivity index (χ0n) is 11.8. The average molecular weight is 415 g/mol. The third-order valence-corrected chi connectivity index (χ3v) is 5.29. The summed E-state index contributed by atoms with van der Waals surface area (Å²) in [6.45, 7) is 2.41. The Morgan fingerprint density at radius 2 is 1.52 bits per heavy atom. The van der Waals surface area contributed by atoms with Crippen molar-refractivity contribution in [3.63, 3.8) is 0 Å². The molecule has 0 saturated heterocycles. The summed E-state index contributed by atoms with van der Waals surface area (Å²) in [5.41, 5.74) is 2.11. The summed E-state index contributed by atoms with van der Waals surface area (Å²) in [4.78, 5) is 0.313. The van der Waals surface area contributed by atoms with Gasteiger partial charge >= 0.3 is 0 Å². The molecular weight excluding hydrogens is 397 g/mol. The van der Waals surface area contributed by atoms with Gasteiger partial charge < -0.3 is 0 Å². The molecule has 0 fully saturated rings. The van der Waals surface area contributed by atoms with Crippen molar-refractivity contribution in [1.29, 1.82) is 0 Å². The third kappa shape index (κ3) is 4.79. The van der Waals surface area contributed by atoms with Gasteiger partial charge in [0.25, 0.3) is 0 Å². The Kier molecular flexibility index (Phi) is 5.78. The highest BCUT2D eigenvalue weighted by molar-refractivity contribution is 14.1. The van der Waals surface area contributed by atoms with Gasteiger partial charge in [0.05, 0.1) is 4.90 Å². The molecule has 2 rings (SSSR count). The normalized spacial score (nSPS) is 11.5. The van der Waals surface area contributed by atoms with Crippen LogP contribution in [0.15, 0.2) is 53.4 Å². The molecule has 0 aliphatic heterocycles. The van der Waals surface area contributed by atoms with Gasteiger partial charge in [0.1, 0.15) is 0 Å². The lowest BCUT2D eigenvalue weighted by Crippen LogP contribution is -2.23. The maximum atomic E-state index is 12.2. The van der Waals surface area contributed by atoms with Gasteiger partial charge in [-0.05, 0) is 64.4 Å². The van der Waals surface area contributed by atoms with Gasteiger partial charge in [-0.25, -0.2) is 13.1 Å². The lowest BCUT2D eigenvalue weighted by atomic mass is 10.1. The lowest BCUT2D eigenvalue weighted by molar-refractivity contribution is 0.581. The Morgan fingerprint density at radius 1 is 0.952 bits per heavy atom. The van der Waals surface area contributed by atoms with Gasteiger partial charge in [0, 0.05) is 10.1 Å². The molecule has 0 unspecified atom stereocenters. The van der Waals surface area contributed by atoms with Gasteiger partial charge in [-0.2, -0.15) is 0 Å². The summed E-state index contributed by atoms with van der Waals surface area (Å²) < 4.78 is 28.2. The maximum absolute atomic E-state index is 12.2. The first-order chi connectivity index (χ1) is 10.0. The number of aryl methyl sites for hydroxylation is 1. The highest BCUT2D eigenvalue weighted by atomic mass is 127. The van der Waals surface area contributed by atoms with E-state index in [1.165, 1.54) is 0 Å². The van der Waals surface area contributed by atoms with Crippen molar-refractivity contribution in [2.75, 3.05) is 0 Å². The Bertz CT molecular complexity index is 679. The van der Waals surface area contributed by atoms with E-state index in [0.717, 1.165) is 27.5 Å². The van der Waals surface area contributed by atoms with Crippen LogP contribution in [-0.2, 0) is 23.0 Å². The molecule has 0 aromatic heterocycles. The summed E-state index contributed by atoms with van der Waals surface area (Å²) in [6, 6.07) is 14.9. The quantitative estimate of drug-likeness (QED) is 0.732. The average Bonchev–Trinajstić information content (AvgIpc) is 2.48. The van der Waals surface area contributed by atoms with E-state index in [1.807, 2.05) is 36.4 Å². The Labute approximate surface area is 140 Å². The second-order valence-electron chi connectivity index (χ2n) is 4.84. The lowest BCUT2D eigenvalue weighted by Gasteiger charge is -2.08. The Morgan fingerprint density at radius 3 is 2.10 bits per heavy atom. The monoisotopic (exact) mass is 415 g/mol. The van der Waals surface area contributed by atoms with Crippen LogP contribution >= 0.6 is 22.6 Å². The van der Waals surface area contributed by atoms with E-state index in [0.29, 0.717) is 11.4 Å². The van der Waals surface area contributed by atoms with Crippen molar-refractivity contribution in [1.82, 2.24) is 4.72 Å². The van der Waals surface area contributed by atoms with Gasteiger partial charge in [-0.15, -0.1) is 0 Å². The molecule has 112 valence electrons. The molecule has 21 heavy (non-hydrogen) atoms. The van der Waals surface area contributed by atoms with E-state index in [4.69, 9.17) is 0 Å². The molecule has 5 heteroatoms. The first-order valence-electron chi connectivity index (χ1n) is 6.84. The molecule has 0 amide bonds. The van der Waals surface area contributed by atoms with Crippen molar-refractivity contribution in [3.8, 4) is 0 Å². The molecule has 0 atom stereocenters. The fraction of sp³-hybridized carbons (Fsp3) is 0.250. The van der Waals surface area contributed by atoms with E-state index in [2.05, 4.69) is 34.2 Å². The molecule has 0 aliphatic carbocycles. The topological polar surface area (TPSA) is 46.2 Å². The summed E-state index contributed by atoms with van der Waals surface area (Å²) in [5, 5.41) is 0. The van der Waals surface area contributed by atoms with E-state index < -0.39 is 10.0 Å². The molecular formula is C16H18INO2S. The standard InChI is InChI=1S/C16H18INO2S/c1-2-3-13-6-10-16(11-7-13)21(19,20)18-12-14-4-8-15(17)9-5-14/h4-11,18H,2-3,12H2,1H3. The predicted octanol–water partition coefficient (Wildman–Crippen LogP) is 3.72. The highest BCUT2D eigenvalue weighted by Crippen LogP contribution is 2.13. The predicted molar refractivity (Wildman–Crippen MR) is 93.6 cm³/mol. The number of halogens is 1. The van der Waals surface area contributed by atoms with Crippen molar-refractivity contribution in [3.05, 3.63) is 63.2 Å². The van der Waals surface area contributed by atoms with Crippen molar-refractivity contribution < 1.29 is 8.42 Å². The molecule has 0 spiro atoms. The first kappa shape index (κ1) is 16.5. The van der Waals surface area contributed by atoms with Crippen molar-refractivity contribution in [2.24, 2.45) is 0 Å². The number of nitrogens with one attached hydrogen (secondary N) is 1. The minimum absolute atomic E-state index is 0.302. The fourth-order valence-electron chi connectivity index (χ4n) is 1.99. The molecule has 2 aromatic rings. The molecule has 0 radical (unpaired) electrons. The van der Waals surface area contributed by atoms with Crippen LogP contribution in [0.3, 0.4) is 0 Å². The zero-order valence-corrected chi connectivity index (χ0v) is 14.8. The van der Waals surface area contributed by atoms with Crippen LogP contribution in [0.5, 0.6) is 0 Å². The highest BCUT2D eigenvalue weighted by Gasteiger charge is 2.13. The summed E-state index contributed by atoms with van der Waals surface area (Å²) in [7, 11) is -3.45. The minimum Gasteiger partial charge on any atom is -0.207 e. The van der Waals surface area contributed by atoms with Gasteiger partial charge in [-0.3, -0.25) is 0 Å². The van der Waals surface area contributed by atoms with Crippen LogP contribution in [0.4, 0.5) is 0 Å². The molecule has 0 saturated carbocycles. The van der Waals surface area contributed by atoms with Gasteiger partial charge in [0.2, 0.25) is 10.0 Å². The van der Waals surface area contributed by atoms with E-state index >= 15 is 0 Å². The van der Waals surface area contributed by atoms with E-state index in [9.17, 15) is 8.42 Å². The molecule has 0 bridgehead atoms. The number of hydrogen-bond acceptors (Lipinski definition) is 2. The van der Waals surface area contributed by atoms with Crippen LogP contribution < -0.4 is 4.72 Å². The summed E-state index contributed by atoms with van der Waals surface area (Å²) >= 11 is 2.22.